The molecular formula is C33H56. The van der Waals surface area contributed by atoms with Crippen molar-refractivity contribution in [2.24, 2.45) is 68.5 Å². The minimum Gasteiger partial charge on any atom is -0.0625 e. The van der Waals surface area contributed by atoms with Crippen molar-refractivity contribution in [3.05, 3.63) is 0 Å². The van der Waals surface area contributed by atoms with Gasteiger partial charge in [0.15, 0.2) is 0 Å². The van der Waals surface area contributed by atoms with Gasteiger partial charge in [0.2, 0.25) is 0 Å². The summed E-state index contributed by atoms with van der Waals surface area (Å²) < 4.78 is 0. The topological polar surface area (TPSA) is 0 Å². The van der Waals surface area contributed by atoms with Crippen LogP contribution in [0.15, 0.2) is 0 Å². The van der Waals surface area contributed by atoms with Gasteiger partial charge in [0, 0.05) is 0 Å². The molecule has 0 radical (unpaired) electrons. The molecule has 188 valence electrons. The van der Waals surface area contributed by atoms with Crippen LogP contribution in [0.2, 0.25) is 0 Å². The molecule has 6 rings (SSSR count). The molecule has 0 aliphatic heterocycles. The monoisotopic (exact) mass is 452 g/mol. The maximum absolute atomic E-state index is 2.84. The van der Waals surface area contributed by atoms with E-state index in [9.17, 15) is 0 Å². The standard InChI is InChI=1S/C33H56/c1-22-10-11-26-30(4,21-22)17-14-28-32(26,6)20-15-27-31(5)18-12-24-23(9-8-16-29(24,2)3)25(31)13-19-33(27,28)7/h22-28H,8-21H2,1-7H3/t22?,23?,24?,25?,26?,27?,28?,30-,31-,32+,33+/m1/s1. The minimum absolute atomic E-state index is 0.599. The average molecular weight is 453 g/mol. The number of fused-ring (bicyclic) bond motifs is 9. The number of hydrogen-bond donors (Lipinski definition) is 0. The summed E-state index contributed by atoms with van der Waals surface area (Å²) in [6.07, 6.45) is 21.5. The molecule has 0 heteroatoms. The molecule has 0 heterocycles. The second-order valence-electron chi connectivity index (χ2n) is 16.6. The Balaban J connectivity index is 1.32. The quantitative estimate of drug-likeness (QED) is 0.343. The lowest BCUT2D eigenvalue weighted by atomic mass is 9.32. The molecule has 0 amide bonds. The Labute approximate surface area is 206 Å². The van der Waals surface area contributed by atoms with Crippen LogP contribution in [0.1, 0.15) is 138 Å². The summed E-state index contributed by atoms with van der Waals surface area (Å²) in [6, 6.07) is 0. The highest BCUT2D eigenvalue weighted by Gasteiger charge is 2.68. The molecular weight excluding hydrogens is 396 g/mol. The first-order valence-electron chi connectivity index (χ1n) is 15.4. The molecule has 0 saturated heterocycles. The van der Waals surface area contributed by atoms with Crippen molar-refractivity contribution in [1.82, 2.24) is 0 Å². The normalized spacial score (nSPS) is 59.9. The zero-order valence-corrected chi connectivity index (χ0v) is 23.4. The maximum Gasteiger partial charge on any atom is -0.0259 e. The predicted octanol–water partition coefficient (Wildman–Crippen LogP) is 9.91. The van der Waals surface area contributed by atoms with Crippen LogP contribution < -0.4 is 0 Å². The third-order valence-corrected chi connectivity index (χ3v) is 14.8. The van der Waals surface area contributed by atoms with Crippen molar-refractivity contribution in [3.63, 3.8) is 0 Å². The van der Waals surface area contributed by atoms with Crippen LogP contribution in [0, 0.1) is 68.5 Å². The minimum atomic E-state index is 0.599. The fourth-order valence-electron chi connectivity index (χ4n) is 13.6. The molecule has 6 aliphatic carbocycles. The molecule has 0 spiro atoms. The van der Waals surface area contributed by atoms with Crippen molar-refractivity contribution in [2.45, 2.75) is 138 Å². The van der Waals surface area contributed by atoms with Gasteiger partial charge in [-0.2, -0.15) is 0 Å². The first-order valence-corrected chi connectivity index (χ1v) is 15.4. The summed E-state index contributed by atoms with van der Waals surface area (Å²) in [5, 5.41) is 0. The van der Waals surface area contributed by atoms with Crippen LogP contribution in [0.3, 0.4) is 0 Å². The highest BCUT2D eigenvalue weighted by molar-refractivity contribution is 5.17. The summed E-state index contributed by atoms with van der Waals surface area (Å²) in [6.45, 7) is 19.0. The smallest absolute Gasteiger partial charge is 0.0259 e. The van der Waals surface area contributed by atoms with Crippen molar-refractivity contribution in [1.29, 1.82) is 0 Å². The van der Waals surface area contributed by atoms with Crippen molar-refractivity contribution in [3.8, 4) is 0 Å². The Bertz CT molecular complexity index is 779. The van der Waals surface area contributed by atoms with Crippen molar-refractivity contribution >= 4 is 0 Å². The molecule has 11 atom stereocenters. The molecule has 7 unspecified atom stereocenters. The predicted molar refractivity (Wildman–Crippen MR) is 141 cm³/mol. The van der Waals surface area contributed by atoms with Crippen LogP contribution in [-0.4, -0.2) is 0 Å². The van der Waals surface area contributed by atoms with Gasteiger partial charge in [-0.3, -0.25) is 0 Å². The third kappa shape index (κ3) is 3.06. The molecule has 0 aromatic rings. The van der Waals surface area contributed by atoms with Gasteiger partial charge in [0.25, 0.3) is 0 Å². The molecule has 6 aliphatic rings. The fourth-order valence-corrected chi connectivity index (χ4v) is 13.6. The van der Waals surface area contributed by atoms with Crippen LogP contribution in [0.5, 0.6) is 0 Å². The van der Waals surface area contributed by atoms with E-state index in [0.29, 0.717) is 27.1 Å². The Kier molecular flexibility index (Phi) is 5.16. The SMILES string of the molecule is CC1CCC2[C@](C)(CCC3[C@@]4(C)CCC5C6CCCC(C)(C)C6CC[C@@]5(C)C4CC[C@@]23C)C1. The van der Waals surface area contributed by atoms with E-state index in [1.54, 1.807) is 44.9 Å². The first-order chi connectivity index (χ1) is 15.4. The van der Waals surface area contributed by atoms with Gasteiger partial charge in [0.1, 0.15) is 0 Å². The van der Waals surface area contributed by atoms with Gasteiger partial charge in [-0.25, -0.2) is 0 Å². The van der Waals surface area contributed by atoms with E-state index in [1.807, 2.05) is 0 Å². The molecule has 6 fully saturated rings. The number of hydrogen-bond acceptors (Lipinski definition) is 0. The Morgan fingerprint density at radius 2 is 1.12 bits per heavy atom. The zero-order valence-electron chi connectivity index (χ0n) is 23.4. The molecule has 0 bridgehead atoms. The van der Waals surface area contributed by atoms with E-state index in [-0.39, 0.29) is 0 Å². The van der Waals surface area contributed by atoms with E-state index < -0.39 is 0 Å². The summed E-state index contributed by atoms with van der Waals surface area (Å²) in [5.74, 6) is 7.04. The highest BCUT2D eigenvalue weighted by Crippen LogP contribution is 2.76. The van der Waals surface area contributed by atoms with Gasteiger partial charge in [-0.1, -0.05) is 61.3 Å². The van der Waals surface area contributed by atoms with Crippen LogP contribution >= 0.6 is 0 Å². The fraction of sp³-hybridized carbons (Fsp3) is 1.00. The Morgan fingerprint density at radius 3 is 1.91 bits per heavy atom. The molecule has 0 aromatic heterocycles. The van der Waals surface area contributed by atoms with Gasteiger partial charge in [0.05, 0.1) is 0 Å². The lowest BCUT2D eigenvalue weighted by Gasteiger charge is -2.72. The Hall–Kier alpha value is 0. The van der Waals surface area contributed by atoms with Gasteiger partial charge in [-0.15, -0.1) is 0 Å². The summed E-state index contributed by atoms with van der Waals surface area (Å²) in [5.41, 5.74) is 3.09. The second kappa shape index (κ2) is 7.28. The molecule has 33 heavy (non-hydrogen) atoms. The third-order valence-electron chi connectivity index (χ3n) is 14.8. The number of rotatable bonds is 0. The van der Waals surface area contributed by atoms with Crippen molar-refractivity contribution in [2.75, 3.05) is 0 Å². The van der Waals surface area contributed by atoms with Crippen LogP contribution in [0.25, 0.3) is 0 Å². The maximum atomic E-state index is 2.84. The van der Waals surface area contributed by atoms with Crippen molar-refractivity contribution < 1.29 is 0 Å². The second-order valence-corrected chi connectivity index (χ2v) is 16.6. The Morgan fingerprint density at radius 1 is 0.515 bits per heavy atom. The van der Waals surface area contributed by atoms with E-state index in [4.69, 9.17) is 0 Å². The van der Waals surface area contributed by atoms with E-state index >= 15 is 0 Å². The first kappa shape index (κ1) is 23.4. The summed E-state index contributed by atoms with van der Waals surface area (Å²) in [7, 11) is 0. The molecule has 0 N–H and O–H groups in total. The summed E-state index contributed by atoms with van der Waals surface area (Å²) in [4.78, 5) is 0. The molecule has 6 saturated carbocycles. The lowest BCUT2D eigenvalue weighted by Crippen LogP contribution is -2.65. The van der Waals surface area contributed by atoms with E-state index in [0.717, 1.165) is 41.4 Å². The largest absolute Gasteiger partial charge is 0.0625 e. The van der Waals surface area contributed by atoms with Gasteiger partial charge < -0.3 is 0 Å². The van der Waals surface area contributed by atoms with Crippen LogP contribution in [0.4, 0.5) is 0 Å². The molecule has 0 aromatic carbocycles. The van der Waals surface area contributed by atoms with Gasteiger partial charge in [-0.05, 0) is 146 Å². The zero-order chi connectivity index (χ0) is 23.4. The van der Waals surface area contributed by atoms with Gasteiger partial charge >= 0.3 is 0 Å². The summed E-state index contributed by atoms with van der Waals surface area (Å²) >= 11 is 0. The highest BCUT2D eigenvalue weighted by atomic mass is 14.7. The lowest BCUT2D eigenvalue weighted by molar-refractivity contribution is -0.234. The van der Waals surface area contributed by atoms with Crippen LogP contribution in [-0.2, 0) is 0 Å². The van der Waals surface area contributed by atoms with E-state index in [2.05, 4.69) is 48.5 Å². The average Bonchev–Trinajstić information content (AvgIpc) is 2.71. The molecule has 0 nitrogen and oxygen atoms in total. The van der Waals surface area contributed by atoms with E-state index in [1.165, 1.54) is 44.9 Å².